The zero-order valence-electron chi connectivity index (χ0n) is 19.0. The quantitative estimate of drug-likeness (QED) is 0.510. The Bertz CT molecular complexity index is 1010. The highest BCUT2D eigenvalue weighted by molar-refractivity contribution is 6.12. The van der Waals surface area contributed by atoms with E-state index in [0.717, 1.165) is 0 Å². The lowest BCUT2D eigenvalue weighted by Crippen LogP contribution is -2.43. The third-order valence-electron chi connectivity index (χ3n) is 5.94. The molecular weight excluding hydrogens is 414 g/mol. The number of allylic oxidation sites excluding steroid dienone is 3. The van der Waals surface area contributed by atoms with Gasteiger partial charge in [-0.05, 0) is 43.4 Å². The molecule has 1 aliphatic carbocycles. The van der Waals surface area contributed by atoms with E-state index in [4.69, 9.17) is 14.2 Å². The SMILES string of the molecule is CCCOC(=O)C1=C(C)NC2=C(C(=O)[C@@H](C(=O)OC)[C@H](C)C2)[C@@H]1c1ccc(OC)c(O)c1. The number of methoxy groups -OCH3 is 2. The Hall–Kier alpha value is -3.29. The summed E-state index contributed by atoms with van der Waals surface area (Å²) < 4.78 is 15.4. The number of phenolic OH excluding ortho intramolecular Hbond substituents is 1. The number of dihydropyridines is 1. The van der Waals surface area contributed by atoms with Crippen molar-refractivity contribution >= 4 is 17.7 Å². The Morgan fingerprint density at radius 1 is 1.25 bits per heavy atom. The minimum Gasteiger partial charge on any atom is -0.504 e. The number of Topliss-reactive ketones (excluding diaryl/α,β-unsaturated/α-hetero) is 1. The van der Waals surface area contributed by atoms with Crippen LogP contribution in [0, 0.1) is 11.8 Å². The van der Waals surface area contributed by atoms with E-state index in [1.807, 2.05) is 13.8 Å². The second-order valence-electron chi connectivity index (χ2n) is 8.10. The molecule has 0 saturated heterocycles. The van der Waals surface area contributed by atoms with Crippen LogP contribution < -0.4 is 10.1 Å². The summed E-state index contributed by atoms with van der Waals surface area (Å²) in [6.45, 7) is 5.70. The molecule has 172 valence electrons. The first-order valence-corrected chi connectivity index (χ1v) is 10.6. The molecular formula is C24H29NO7. The predicted molar refractivity (Wildman–Crippen MR) is 116 cm³/mol. The third-order valence-corrected chi connectivity index (χ3v) is 5.94. The second-order valence-corrected chi connectivity index (χ2v) is 8.10. The standard InChI is InChI=1S/C24H29NO7/c1-6-9-32-24(29)19-13(3)25-15-10-12(2)18(23(28)31-5)22(27)21(15)20(19)14-7-8-17(30-4)16(26)11-14/h7-8,11-12,18,20,25-26H,6,9-10H2,1-5H3/t12-,18+,20-/m1/s1. The highest BCUT2D eigenvalue weighted by Crippen LogP contribution is 2.46. The summed E-state index contributed by atoms with van der Waals surface area (Å²) in [5.41, 5.74) is 2.34. The van der Waals surface area contributed by atoms with Crippen LogP contribution in [0.1, 0.15) is 45.1 Å². The number of ketones is 1. The molecule has 3 atom stereocenters. The molecule has 0 unspecified atom stereocenters. The van der Waals surface area contributed by atoms with Crippen molar-refractivity contribution in [2.75, 3.05) is 20.8 Å². The van der Waals surface area contributed by atoms with Gasteiger partial charge in [0.05, 0.1) is 26.4 Å². The van der Waals surface area contributed by atoms with Crippen molar-refractivity contribution in [3.05, 3.63) is 46.3 Å². The molecule has 2 aliphatic rings. The van der Waals surface area contributed by atoms with E-state index in [-0.39, 0.29) is 29.6 Å². The fourth-order valence-corrected chi connectivity index (χ4v) is 4.44. The van der Waals surface area contributed by atoms with Gasteiger partial charge in [-0.1, -0.05) is 19.9 Å². The van der Waals surface area contributed by atoms with Crippen molar-refractivity contribution < 1.29 is 33.7 Å². The minimum atomic E-state index is -0.971. The van der Waals surface area contributed by atoms with Gasteiger partial charge in [0.15, 0.2) is 17.3 Å². The lowest BCUT2D eigenvalue weighted by Gasteiger charge is -2.38. The number of carbonyl (C=O) groups is 3. The number of rotatable bonds is 6. The van der Waals surface area contributed by atoms with Crippen LogP contribution in [-0.4, -0.2) is 43.7 Å². The number of esters is 2. The topological polar surface area (TPSA) is 111 Å². The van der Waals surface area contributed by atoms with Crippen molar-refractivity contribution in [2.24, 2.45) is 11.8 Å². The number of ether oxygens (including phenoxy) is 3. The molecule has 8 heteroatoms. The van der Waals surface area contributed by atoms with Gasteiger partial charge in [-0.3, -0.25) is 9.59 Å². The second kappa shape index (κ2) is 9.46. The molecule has 0 fully saturated rings. The average Bonchev–Trinajstić information content (AvgIpc) is 2.76. The molecule has 1 aliphatic heterocycles. The number of hydrogen-bond acceptors (Lipinski definition) is 8. The van der Waals surface area contributed by atoms with Crippen LogP contribution >= 0.6 is 0 Å². The third kappa shape index (κ3) is 4.09. The summed E-state index contributed by atoms with van der Waals surface area (Å²) in [5, 5.41) is 13.6. The van der Waals surface area contributed by atoms with Gasteiger partial charge in [0.25, 0.3) is 0 Å². The van der Waals surface area contributed by atoms with Gasteiger partial charge in [-0.25, -0.2) is 4.79 Å². The summed E-state index contributed by atoms with van der Waals surface area (Å²) in [6.07, 6.45) is 1.09. The lowest BCUT2D eigenvalue weighted by molar-refractivity contribution is -0.151. The van der Waals surface area contributed by atoms with Crippen molar-refractivity contribution in [3.8, 4) is 11.5 Å². The Labute approximate surface area is 187 Å². The van der Waals surface area contributed by atoms with E-state index < -0.39 is 29.6 Å². The van der Waals surface area contributed by atoms with Gasteiger partial charge in [0.1, 0.15) is 5.92 Å². The highest BCUT2D eigenvalue weighted by Gasteiger charge is 2.47. The minimum absolute atomic E-state index is 0.120. The Morgan fingerprint density at radius 2 is 1.97 bits per heavy atom. The first kappa shape index (κ1) is 23.4. The van der Waals surface area contributed by atoms with Crippen LogP contribution in [0.3, 0.4) is 0 Å². The summed E-state index contributed by atoms with van der Waals surface area (Å²) in [7, 11) is 2.69. The molecule has 0 saturated carbocycles. The maximum absolute atomic E-state index is 13.6. The van der Waals surface area contributed by atoms with Crippen LogP contribution in [0.5, 0.6) is 11.5 Å². The molecule has 0 bridgehead atoms. The van der Waals surface area contributed by atoms with Gasteiger partial charge in [0, 0.05) is 22.9 Å². The largest absolute Gasteiger partial charge is 0.504 e. The molecule has 1 aromatic rings. The van der Waals surface area contributed by atoms with Gasteiger partial charge in [-0.15, -0.1) is 0 Å². The number of nitrogens with one attached hydrogen (secondary N) is 1. The van der Waals surface area contributed by atoms with E-state index in [0.29, 0.717) is 35.4 Å². The smallest absolute Gasteiger partial charge is 0.336 e. The summed E-state index contributed by atoms with van der Waals surface area (Å²) in [6, 6.07) is 4.74. The fraction of sp³-hybridized carbons (Fsp3) is 0.458. The van der Waals surface area contributed by atoms with Crippen molar-refractivity contribution in [3.63, 3.8) is 0 Å². The van der Waals surface area contributed by atoms with Crippen LogP contribution in [0.25, 0.3) is 0 Å². The monoisotopic (exact) mass is 443 g/mol. The van der Waals surface area contributed by atoms with Crippen molar-refractivity contribution in [2.45, 2.75) is 39.5 Å². The molecule has 0 radical (unpaired) electrons. The van der Waals surface area contributed by atoms with E-state index in [1.165, 1.54) is 20.3 Å². The molecule has 3 rings (SSSR count). The van der Waals surface area contributed by atoms with Gasteiger partial charge < -0.3 is 24.6 Å². The average molecular weight is 443 g/mol. The van der Waals surface area contributed by atoms with Crippen LogP contribution in [0.15, 0.2) is 40.7 Å². The fourth-order valence-electron chi connectivity index (χ4n) is 4.44. The summed E-state index contributed by atoms with van der Waals surface area (Å²) >= 11 is 0. The van der Waals surface area contributed by atoms with E-state index in [1.54, 1.807) is 19.1 Å². The maximum Gasteiger partial charge on any atom is 0.336 e. The van der Waals surface area contributed by atoms with E-state index in [2.05, 4.69) is 5.32 Å². The molecule has 32 heavy (non-hydrogen) atoms. The molecule has 0 spiro atoms. The summed E-state index contributed by atoms with van der Waals surface area (Å²) in [4.78, 5) is 39.1. The van der Waals surface area contributed by atoms with Crippen molar-refractivity contribution in [1.82, 2.24) is 5.32 Å². The van der Waals surface area contributed by atoms with E-state index >= 15 is 0 Å². The molecule has 8 nitrogen and oxygen atoms in total. The highest BCUT2D eigenvalue weighted by atomic mass is 16.5. The van der Waals surface area contributed by atoms with E-state index in [9.17, 15) is 19.5 Å². The normalized spacial score (nSPS) is 22.8. The van der Waals surface area contributed by atoms with Crippen LogP contribution in [0.2, 0.25) is 0 Å². The van der Waals surface area contributed by atoms with Crippen LogP contribution in [-0.2, 0) is 23.9 Å². The Balaban J connectivity index is 2.18. The summed E-state index contributed by atoms with van der Waals surface area (Å²) in [5.74, 6) is -3.45. The number of benzene rings is 1. The van der Waals surface area contributed by atoms with Crippen LogP contribution in [0.4, 0.5) is 0 Å². The molecule has 1 heterocycles. The Morgan fingerprint density at radius 3 is 2.56 bits per heavy atom. The zero-order valence-corrected chi connectivity index (χ0v) is 19.0. The lowest BCUT2D eigenvalue weighted by atomic mass is 9.69. The molecule has 0 aromatic heterocycles. The zero-order chi connectivity index (χ0) is 23.6. The molecule has 1 aromatic carbocycles. The number of hydrogen-bond donors (Lipinski definition) is 2. The molecule has 0 amide bonds. The maximum atomic E-state index is 13.6. The predicted octanol–water partition coefficient (Wildman–Crippen LogP) is 2.97. The number of phenols is 1. The first-order valence-electron chi connectivity index (χ1n) is 10.6. The number of aromatic hydroxyl groups is 1. The van der Waals surface area contributed by atoms with Crippen molar-refractivity contribution in [1.29, 1.82) is 0 Å². The molecule has 2 N–H and O–H groups in total. The van der Waals surface area contributed by atoms with Gasteiger partial charge in [0.2, 0.25) is 0 Å². The van der Waals surface area contributed by atoms with Gasteiger partial charge >= 0.3 is 11.9 Å². The van der Waals surface area contributed by atoms with Gasteiger partial charge in [-0.2, -0.15) is 0 Å². The Kier molecular flexibility index (Phi) is 6.91. The first-order chi connectivity index (χ1) is 15.2. The number of carbonyl (C=O) groups excluding carboxylic acids is 3.